The molecule has 0 radical (unpaired) electrons. The second kappa shape index (κ2) is 4.86. The number of carbonyl (C=O) groups excluding carboxylic acids is 1. The van der Waals surface area contributed by atoms with Crippen LogP contribution in [-0.2, 0) is 4.79 Å². The van der Waals surface area contributed by atoms with Crippen molar-refractivity contribution >= 4 is 29.2 Å². The first-order valence-electron chi connectivity index (χ1n) is 5.59. The van der Waals surface area contributed by atoms with Crippen molar-refractivity contribution in [3.63, 3.8) is 0 Å². The lowest BCUT2D eigenvalue weighted by atomic mass is 10.1. The van der Waals surface area contributed by atoms with Crippen LogP contribution in [0.2, 0.25) is 5.02 Å². The maximum Gasteiger partial charge on any atom is 0.326 e. The second-order valence-electron chi connectivity index (χ2n) is 4.23. The zero-order chi connectivity index (χ0) is 13.3. The van der Waals surface area contributed by atoms with Gasteiger partial charge in [-0.25, -0.2) is 4.79 Å². The Bertz CT molecular complexity index is 504. The Morgan fingerprint density at radius 3 is 2.78 bits per heavy atom. The number of carboxylic acid groups (broad SMARTS) is 1. The predicted octanol–water partition coefficient (Wildman–Crippen LogP) is 1.61. The van der Waals surface area contributed by atoms with Crippen LogP contribution in [0.25, 0.3) is 0 Å². The minimum Gasteiger partial charge on any atom is -0.480 e. The number of anilines is 1. The second-order valence-corrected chi connectivity index (χ2v) is 4.64. The van der Waals surface area contributed by atoms with Crippen LogP contribution in [-0.4, -0.2) is 34.5 Å². The molecule has 1 aromatic rings. The van der Waals surface area contributed by atoms with Crippen molar-refractivity contribution < 1.29 is 14.7 Å². The fraction of sp³-hybridized carbons (Fsp3) is 0.333. The lowest BCUT2D eigenvalue weighted by molar-refractivity contribution is -0.141. The minimum atomic E-state index is -0.970. The summed E-state index contributed by atoms with van der Waals surface area (Å²) in [6.45, 7) is 0.456. The molecule has 0 aliphatic carbocycles. The van der Waals surface area contributed by atoms with Gasteiger partial charge >= 0.3 is 5.97 Å². The SMILES string of the molecule is Nc1ccc(C(=O)N2CCCC2C(=O)O)cc1Cl. The van der Waals surface area contributed by atoms with E-state index in [4.69, 9.17) is 22.4 Å². The number of nitrogen functional groups attached to an aromatic ring is 1. The van der Waals surface area contributed by atoms with Crippen LogP contribution >= 0.6 is 11.6 Å². The number of aliphatic carboxylic acids is 1. The van der Waals surface area contributed by atoms with E-state index < -0.39 is 12.0 Å². The average molecular weight is 269 g/mol. The third-order valence-corrected chi connectivity index (χ3v) is 3.37. The van der Waals surface area contributed by atoms with Gasteiger partial charge in [-0.05, 0) is 31.0 Å². The summed E-state index contributed by atoms with van der Waals surface area (Å²) in [6, 6.07) is 3.83. The highest BCUT2D eigenvalue weighted by molar-refractivity contribution is 6.33. The van der Waals surface area contributed by atoms with Gasteiger partial charge in [0.25, 0.3) is 5.91 Å². The number of carboxylic acids is 1. The topological polar surface area (TPSA) is 83.6 Å². The number of halogens is 1. The summed E-state index contributed by atoms with van der Waals surface area (Å²) in [7, 11) is 0. The maximum atomic E-state index is 12.2. The number of hydrogen-bond donors (Lipinski definition) is 2. The van der Waals surface area contributed by atoms with E-state index in [-0.39, 0.29) is 5.91 Å². The lowest BCUT2D eigenvalue weighted by Gasteiger charge is -2.21. The van der Waals surface area contributed by atoms with E-state index >= 15 is 0 Å². The number of carbonyl (C=O) groups is 2. The third-order valence-electron chi connectivity index (χ3n) is 3.05. The first kappa shape index (κ1) is 12.7. The van der Waals surface area contributed by atoms with Crippen LogP contribution in [0.15, 0.2) is 18.2 Å². The first-order valence-corrected chi connectivity index (χ1v) is 5.97. The molecule has 96 valence electrons. The summed E-state index contributed by atoms with van der Waals surface area (Å²) < 4.78 is 0. The summed E-state index contributed by atoms with van der Waals surface area (Å²) in [6.07, 6.45) is 1.19. The van der Waals surface area contributed by atoms with Crippen molar-refractivity contribution in [1.29, 1.82) is 0 Å². The number of nitrogens with zero attached hydrogens (tertiary/aromatic N) is 1. The van der Waals surface area contributed by atoms with E-state index in [2.05, 4.69) is 0 Å². The van der Waals surface area contributed by atoms with Crippen LogP contribution in [0.4, 0.5) is 5.69 Å². The summed E-state index contributed by atoms with van der Waals surface area (Å²) in [5.74, 6) is -1.29. The molecule has 2 rings (SSSR count). The van der Waals surface area contributed by atoms with Crippen LogP contribution in [0.1, 0.15) is 23.2 Å². The molecule has 5 nitrogen and oxygen atoms in total. The number of benzene rings is 1. The van der Waals surface area contributed by atoms with Crippen LogP contribution in [0.5, 0.6) is 0 Å². The summed E-state index contributed by atoms with van der Waals surface area (Å²) in [5.41, 5.74) is 6.32. The number of hydrogen-bond acceptors (Lipinski definition) is 3. The van der Waals surface area contributed by atoms with Crippen molar-refractivity contribution in [2.75, 3.05) is 12.3 Å². The molecule has 0 aromatic heterocycles. The molecule has 1 amide bonds. The molecule has 1 fully saturated rings. The molecule has 1 heterocycles. The molecular weight excluding hydrogens is 256 g/mol. The molecule has 1 aliphatic rings. The third kappa shape index (κ3) is 2.26. The van der Waals surface area contributed by atoms with Crippen molar-refractivity contribution in [2.45, 2.75) is 18.9 Å². The highest BCUT2D eigenvalue weighted by atomic mass is 35.5. The normalized spacial score (nSPS) is 18.9. The van der Waals surface area contributed by atoms with Crippen LogP contribution in [0, 0.1) is 0 Å². The van der Waals surface area contributed by atoms with Gasteiger partial charge in [-0.3, -0.25) is 4.79 Å². The Balaban J connectivity index is 2.25. The van der Waals surface area contributed by atoms with E-state index in [9.17, 15) is 9.59 Å². The van der Waals surface area contributed by atoms with Gasteiger partial charge in [-0.15, -0.1) is 0 Å². The Kier molecular flexibility index (Phi) is 3.43. The molecular formula is C12H13ClN2O3. The lowest BCUT2D eigenvalue weighted by Crippen LogP contribution is -2.40. The molecule has 6 heteroatoms. The molecule has 1 saturated heterocycles. The molecule has 18 heavy (non-hydrogen) atoms. The Hall–Kier alpha value is -1.75. The summed E-state index contributed by atoms with van der Waals surface area (Å²) in [5, 5.41) is 9.34. The van der Waals surface area contributed by atoms with Crippen molar-refractivity contribution in [3.05, 3.63) is 28.8 Å². The van der Waals surface area contributed by atoms with Gasteiger partial charge in [-0.2, -0.15) is 0 Å². The quantitative estimate of drug-likeness (QED) is 0.798. The van der Waals surface area contributed by atoms with E-state index in [0.29, 0.717) is 35.7 Å². The molecule has 0 saturated carbocycles. The molecule has 0 spiro atoms. The van der Waals surface area contributed by atoms with E-state index in [1.165, 1.54) is 11.0 Å². The first-order chi connectivity index (χ1) is 8.50. The van der Waals surface area contributed by atoms with Crippen LogP contribution < -0.4 is 5.73 Å². The van der Waals surface area contributed by atoms with E-state index in [0.717, 1.165) is 0 Å². The monoisotopic (exact) mass is 268 g/mol. The van der Waals surface area contributed by atoms with Crippen molar-refractivity contribution in [2.24, 2.45) is 0 Å². The molecule has 1 aliphatic heterocycles. The van der Waals surface area contributed by atoms with E-state index in [1.54, 1.807) is 12.1 Å². The number of amides is 1. The highest BCUT2D eigenvalue weighted by Gasteiger charge is 2.34. The number of rotatable bonds is 2. The molecule has 1 unspecified atom stereocenters. The van der Waals surface area contributed by atoms with Gasteiger partial charge in [0, 0.05) is 12.1 Å². The average Bonchev–Trinajstić information content (AvgIpc) is 2.81. The van der Waals surface area contributed by atoms with Gasteiger partial charge in [-0.1, -0.05) is 11.6 Å². The molecule has 3 N–H and O–H groups in total. The highest BCUT2D eigenvalue weighted by Crippen LogP contribution is 2.24. The maximum absolute atomic E-state index is 12.2. The van der Waals surface area contributed by atoms with Gasteiger partial charge in [0.15, 0.2) is 0 Å². The molecule has 0 bridgehead atoms. The standard InChI is InChI=1S/C12H13ClN2O3/c13-8-6-7(3-4-9(8)14)11(16)15-5-1-2-10(15)12(17)18/h3-4,6,10H,1-2,5,14H2,(H,17,18). The van der Waals surface area contributed by atoms with Gasteiger partial charge in [0.2, 0.25) is 0 Å². The minimum absolute atomic E-state index is 0.298. The summed E-state index contributed by atoms with van der Waals surface area (Å²) in [4.78, 5) is 24.6. The van der Waals surface area contributed by atoms with Gasteiger partial charge in [0.1, 0.15) is 6.04 Å². The van der Waals surface area contributed by atoms with Gasteiger partial charge < -0.3 is 15.7 Å². The fourth-order valence-electron chi connectivity index (χ4n) is 2.09. The Morgan fingerprint density at radius 2 is 2.17 bits per heavy atom. The predicted molar refractivity (Wildman–Crippen MR) is 67.6 cm³/mol. The van der Waals surface area contributed by atoms with Gasteiger partial charge in [0.05, 0.1) is 10.7 Å². The molecule has 1 atom stereocenters. The zero-order valence-electron chi connectivity index (χ0n) is 9.60. The molecule has 1 aromatic carbocycles. The zero-order valence-corrected chi connectivity index (χ0v) is 10.4. The largest absolute Gasteiger partial charge is 0.480 e. The Labute approximate surface area is 109 Å². The smallest absolute Gasteiger partial charge is 0.326 e. The Morgan fingerprint density at radius 1 is 1.44 bits per heavy atom. The van der Waals surface area contributed by atoms with Crippen molar-refractivity contribution in [3.8, 4) is 0 Å². The van der Waals surface area contributed by atoms with Crippen LogP contribution in [0.3, 0.4) is 0 Å². The fourth-order valence-corrected chi connectivity index (χ4v) is 2.27. The number of nitrogens with two attached hydrogens (primary N) is 1. The van der Waals surface area contributed by atoms with E-state index in [1.807, 2.05) is 0 Å². The number of likely N-dealkylation sites (tertiary alicyclic amines) is 1. The van der Waals surface area contributed by atoms with Crippen molar-refractivity contribution in [1.82, 2.24) is 4.90 Å². The summed E-state index contributed by atoms with van der Waals surface area (Å²) >= 11 is 5.85.